The highest BCUT2D eigenvalue weighted by Crippen LogP contribution is 2.04. The summed E-state index contributed by atoms with van der Waals surface area (Å²) in [4.78, 5) is 0. The highest BCUT2D eigenvalue weighted by Gasteiger charge is 2.13. The fraction of sp³-hybridized carbons (Fsp3) is 0.750. The Labute approximate surface area is 68.2 Å². The smallest absolute Gasteiger partial charge is 0.0781 e. The van der Waals surface area contributed by atoms with E-state index in [1.165, 1.54) is 0 Å². The van der Waals surface area contributed by atoms with E-state index in [0.29, 0.717) is 12.6 Å². The Hall–Kier alpha value is -0.380. The summed E-state index contributed by atoms with van der Waals surface area (Å²) in [6.07, 6.45) is 2.24. The van der Waals surface area contributed by atoms with Gasteiger partial charge in [0.15, 0.2) is 0 Å². The van der Waals surface area contributed by atoms with Crippen molar-refractivity contribution in [1.29, 1.82) is 0 Å². The minimum Gasteiger partial charge on any atom is -0.377 e. The van der Waals surface area contributed by atoms with Crippen LogP contribution in [0, 0.1) is 0 Å². The molecule has 0 bridgehead atoms. The summed E-state index contributed by atoms with van der Waals surface area (Å²) in [5, 5.41) is 0. The summed E-state index contributed by atoms with van der Waals surface area (Å²) in [7, 11) is 0. The van der Waals surface area contributed by atoms with Gasteiger partial charge < -0.3 is 15.2 Å². The molecule has 11 heavy (non-hydrogen) atoms. The number of nitrogens with two attached hydrogens (primary N) is 1. The molecule has 0 aromatic carbocycles. The molecule has 1 unspecified atom stereocenters. The van der Waals surface area contributed by atoms with Gasteiger partial charge in [0.05, 0.1) is 25.9 Å². The molecule has 1 atom stereocenters. The van der Waals surface area contributed by atoms with E-state index in [1.54, 1.807) is 6.08 Å². The average molecular weight is 159 g/mol. The molecule has 0 amide bonds. The lowest BCUT2D eigenvalue weighted by Crippen LogP contribution is -1.90. The predicted octanol–water partition coefficient (Wildman–Crippen LogP) is 0.553. The largest absolute Gasteiger partial charge is 0.377 e. The van der Waals surface area contributed by atoms with Crippen molar-refractivity contribution in [3.05, 3.63) is 12.7 Å². The zero-order valence-electron chi connectivity index (χ0n) is 7.08. The molecule has 0 radical (unpaired) electrons. The Morgan fingerprint density at radius 1 is 1.64 bits per heavy atom. The molecular formula is C8H17NO2. The van der Waals surface area contributed by atoms with Gasteiger partial charge in [0, 0.05) is 6.54 Å². The van der Waals surface area contributed by atoms with E-state index in [9.17, 15) is 0 Å². The number of hydrogen-bond acceptors (Lipinski definition) is 3. The van der Waals surface area contributed by atoms with Crippen LogP contribution in [0.3, 0.4) is 0 Å². The van der Waals surface area contributed by atoms with Crippen LogP contribution >= 0.6 is 0 Å². The van der Waals surface area contributed by atoms with E-state index in [-0.39, 0.29) is 0 Å². The monoisotopic (exact) mass is 159 g/mol. The quantitative estimate of drug-likeness (QED) is 0.449. The van der Waals surface area contributed by atoms with Crippen LogP contribution < -0.4 is 5.73 Å². The summed E-state index contributed by atoms with van der Waals surface area (Å²) in [6, 6.07) is 0. The van der Waals surface area contributed by atoms with Crippen molar-refractivity contribution >= 4 is 0 Å². The maximum atomic E-state index is 4.91. The maximum absolute atomic E-state index is 4.91. The molecular weight excluding hydrogens is 142 g/mol. The van der Waals surface area contributed by atoms with Gasteiger partial charge in [-0.15, -0.1) is 6.58 Å². The molecule has 3 nitrogen and oxygen atoms in total. The second kappa shape index (κ2) is 7.72. The van der Waals surface area contributed by atoms with Crippen molar-refractivity contribution < 1.29 is 9.47 Å². The summed E-state index contributed by atoms with van der Waals surface area (Å²) in [6.45, 7) is 8.98. The summed E-state index contributed by atoms with van der Waals surface area (Å²) in [5.74, 6) is 0. The third-order valence-corrected chi connectivity index (χ3v) is 0.871. The number of epoxide rings is 2. The Kier molecular flexibility index (Phi) is 7.46. The van der Waals surface area contributed by atoms with Crippen molar-refractivity contribution in [3.63, 3.8) is 0 Å². The Balaban J connectivity index is 0.000000137. The first kappa shape index (κ1) is 10.6. The second-order valence-electron chi connectivity index (χ2n) is 2.28. The first-order valence-corrected chi connectivity index (χ1v) is 3.81. The van der Waals surface area contributed by atoms with Gasteiger partial charge in [-0.05, 0) is 6.92 Å². The van der Waals surface area contributed by atoms with Crippen LogP contribution in [0.15, 0.2) is 12.7 Å². The maximum Gasteiger partial charge on any atom is 0.0781 e. The topological polar surface area (TPSA) is 51.1 Å². The molecule has 66 valence electrons. The average Bonchev–Trinajstić information content (AvgIpc) is 2.81. The van der Waals surface area contributed by atoms with Gasteiger partial charge in [0.2, 0.25) is 0 Å². The van der Waals surface area contributed by atoms with Crippen molar-refractivity contribution in [2.45, 2.75) is 13.0 Å². The Morgan fingerprint density at radius 3 is 1.91 bits per heavy atom. The molecule has 2 saturated heterocycles. The van der Waals surface area contributed by atoms with Gasteiger partial charge >= 0.3 is 0 Å². The summed E-state index contributed by atoms with van der Waals surface area (Å²) in [5.41, 5.74) is 4.91. The second-order valence-corrected chi connectivity index (χ2v) is 2.28. The first-order chi connectivity index (χ1) is 5.31. The van der Waals surface area contributed by atoms with Gasteiger partial charge in [-0.25, -0.2) is 0 Å². The zero-order valence-corrected chi connectivity index (χ0v) is 7.08. The highest BCUT2D eigenvalue weighted by molar-refractivity contribution is 4.64. The molecule has 2 fully saturated rings. The van der Waals surface area contributed by atoms with Crippen LogP contribution in [0.4, 0.5) is 0 Å². The molecule has 0 spiro atoms. The van der Waals surface area contributed by atoms with Crippen LogP contribution in [-0.2, 0) is 9.47 Å². The molecule has 2 N–H and O–H groups in total. The van der Waals surface area contributed by atoms with E-state index in [1.807, 2.05) is 0 Å². The molecule has 0 aliphatic carbocycles. The third-order valence-electron chi connectivity index (χ3n) is 0.871. The molecule has 2 aliphatic rings. The van der Waals surface area contributed by atoms with Crippen LogP contribution in [0.2, 0.25) is 0 Å². The van der Waals surface area contributed by atoms with E-state index >= 15 is 0 Å². The lowest BCUT2D eigenvalue weighted by atomic mass is 10.6. The van der Waals surface area contributed by atoms with Gasteiger partial charge in [-0.1, -0.05) is 6.08 Å². The van der Waals surface area contributed by atoms with Gasteiger partial charge in [0.1, 0.15) is 0 Å². The van der Waals surface area contributed by atoms with Crippen molar-refractivity contribution in [3.8, 4) is 0 Å². The molecule has 2 aliphatic heterocycles. The predicted molar refractivity (Wildman–Crippen MR) is 45.5 cm³/mol. The standard InChI is InChI=1S/C3H7N.C3H6O.C2H4O/c1-2-3-4;1-3-2-4-3;1-2-3-1/h2H,1,3-4H2;3H,2H2,1H3;1-2H2. The first-order valence-electron chi connectivity index (χ1n) is 3.81. The molecule has 2 heterocycles. The van der Waals surface area contributed by atoms with Crippen LogP contribution in [0.25, 0.3) is 0 Å². The lowest BCUT2D eigenvalue weighted by molar-refractivity contribution is 0.423. The lowest BCUT2D eigenvalue weighted by Gasteiger charge is -1.61. The van der Waals surface area contributed by atoms with Crippen LogP contribution in [0.1, 0.15) is 6.92 Å². The summed E-state index contributed by atoms with van der Waals surface area (Å²) < 4.78 is 9.21. The summed E-state index contributed by atoms with van der Waals surface area (Å²) >= 11 is 0. The normalized spacial score (nSPS) is 23.3. The van der Waals surface area contributed by atoms with E-state index in [0.717, 1.165) is 19.8 Å². The molecule has 0 saturated carbocycles. The minimum atomic E-state index is 0.583. The SMILES string of the molecule is C1CO1.C=CCN.CC1CO1. The molecule has 0 aromatic rings. The molecule has 3 heteroatoms. The zero-order chi connectivity index (χ0) is 8.53. The van der Waals surface area contributed by atoms with Crippen LogP contribution in [0.5, 0.6) is 0 Å². The van der Waals surface area contributed by atoms with E-state index < -0.39 is 0 Å². The third kappa shape index (κ3) is 26.2. The van der Waals surface area contributed by atoms with Crippen molar-refractivity contribution in [2.24, 2.45) is 5.73 Å². The number of rotatable bonds is 1. The fourth-order valence-corrected chi connectivity index (χ4v) is 0.0962. The highest BCUT2D eigenvalue weighted by atomic mass is 16.6. The van der Waals surface area contributed by atoms with Gasteiger partial charge in [-0.3, -0.25) is 0 Å². The van der Waals surface area contributed by atoms with Gasteiger partial charge in [0.25, 0.3) is 0 Å². The van der Waals surface area contributed by atoms with Crippen LogP contribution in [-0.4, -0.2) is 32.5 Å². The van der Waals surface area contributed by atoms with E-state index in [2.05, 4.69) is 18.2 Å². The Morgan fingerprint density at radius 2 is 1.91 bits per heavy atom. The fourth-order valence-electron chi connectivity index (χ4n) is 0.0962. The molecule has 2 rings (SSSR count). The minimum absolute atomic E-state index is 0.583. The van der Waals surface area contributed by atoms with Crippen molar-refractivity contribution in [1.82, 2.24) is 0 Å². The van der Waals surface area contributed by atoms with Crippen molar-refractivity contribution in [2.75, 3.05) is 26.4 Å². The van der Waals surface area contributed by atoms with Gasteiger partial charge in [-0.2, -0.15) is 0 Å². The van der Waals surface area contributed by atoms with E-state index in [4.69, 9.17) is 10.5 Å². The number of hydrogen-bond donors (Lipinski definition) is 1. The Bertz CT molecular complexity index is 87.3. The number of ether oxygens (including phenoxy) is 2. The molecule has 0 aromatic heterocycles.